The van der Waals surface area contributed by atoms with Crippen LogP contribution in [0.25, 0.3) is 16.9 Å². The average molecular weight is 558 g/mol. The number of amides is 1. The lowest BCUT2D eigenvalue weighted by Gasteiger charge is -2.29. The van der Waals surface area contributed by atoms with Crippen LogP contribution in [0.5, 0.6) is 5.75 Å². The number of ether oxygens (including phenoxy) is 1. The zero-order valence-corrected chi connectivity index (χ0v) is 22.0. The zero-order chi connectivity index (χ0) is 27.7. The number of benzene rings is 2. The molecule has 1 aliphatic rings. The van der Waals surface area contributed by atoms with Gasteiger partial charge in [0.25, 0.3) is 16.0 Å². The zero-order valence-electron chi connectivity index (χ0n) is 21.1. The number of carbonyl (C=O) groups is 1. The smallest absolute Gasteiger partial charge is 0.264 e. The first-order chi connectivity index (χ1) is 18.7. The number of hydrogen-bond acceptors (Lipinski definition) is 8. The summed E-state index contributed by atoms with van der Waals surface area (Å²) in [7, 11) is -2.24. The molecule has 3 heterocycles. The monoisotopic (exact) mass is 557 g/mol. The number of halogens is 2. The maximum Gasteiger partial charge on any atom is 0.264 e. The Hall–Kier alpha value is -4.10. The van der Waals surface area contributed by atoms with E-state index in [1.165, 1.54) is 31.6 Å². The van der Waals surface area contributed by atoms with Crippen LogP contribution in [0.4, 0.5) is 20.3 Å². The number of fused-ring (bicyclic) bond motifs is 2. The lowest BCUT2D eigenvalue weighted by molar-refractivity contribution is 0.0732. The highest BCUT2D eigenvalue weighted by Crippen LogP contribution is 2.32. The second kappa shape index (κ2) is 10.6. The first kappa shape index (κ1) is 26.5. The molecule has 0 fully saturated rings. The molecule has 0 saturated carbocycles. The van der Waals surface area contributed by atoms with Crippen LogP contribution in [0.1, 0.15) is 22.3 Å². The quantitative estimate of drug-likeness (QED) is 0.244. The van der Waals surface area contributed by atoms with Crippen LogP contribution in [-0.4, -0.2) is 66.7 Å². The van der Waals surface area contributed by atoms with Gasteiger partial charge in [-0.2, -0.15) is 12.8 Å². The summed E-state index contributed by atoms with van der Waals surface area (Å²) < 4.78 is 62.5. The van der Waals surface area contributed by atoms with Crippen molar-refractivity contribution < 1.29 is 30.9 Å². The minimum atomic E-state index is -3.51. The van der Waals surface area contributed by atoms with Crippen LogP contribution in [0.3, 0.4) is 0 Å². The Morgan fingerprint density at radius 2 is 1.90 bits per heavy atom. The third-order valence-electron chi connectivity index (χ3n) is 6.38. The van der Waals surface area contributed by atoms with Crippen LogP contribution in [0.15, 0.2) is 48.9 Å². The van der Waals surface area contributed by atoms with Crippen molar-refractivity contribution in [2.45, 2.75) is 12.8 Å². The SMILES string of the molecule is COc1ccc(-c2cnc3c(Nc4ccc5c(c4)CCN(CCCOS(C)(=O)=O)C5=O)nccn23)c(F)c1F. The molecule has 2 aromatic heterocycles. The van der Waals surface area contributed by atoms with E-state index in [2.05, 4.69) is 15.3 Å². The minimum Gasteiger partial charge on any atom is -0.494 e. The number of carbonyl (C=O) groups excluding carboxylic acids is 1. The fourth-order valence-electron chi connectivity index (χ4n) is 4.52. The second-order valence-corrected chi connectivity index (χ2v) is 10.6. The summed E-state index contributed by atoms with van der Waals surface area (Å²) >= 11 is 0. The lowest BCUT2D eigenvalue weighted by atomic mass is 9.98. The normalized spacial score (nSPS) is 13.5. The number of hydrogen-bond donors (Lipinski definition) is 1. The van der Waals surface area contributed by atoms with E-state index in [4.69, 9.17) is 8.92 Å². The Morgan fingerprint density at radius 3 is 2.67 bits per heavy atom. The standard InChI is InChI=1S/C26H25F2N5O5S/c1-37-21-7-6-19(22(27)23(21)28)20-15-30-25-24(29-9-12-33(20)25)31-17-4-5-18-16(14-17)8-11-32(26(18)34)10-3-13-38-39(2,35)36/h4-7,9,12,14-15H,3,8,10-11,13H2,1-2H3,(H,29,31). The maximum absolute atomic E-state index is 14.8. The predicted molar refractivity (Wildman–Crippen MR) is 140 cm³/mol. The van der Waals surface area contributed by atoms with Crippen molar-refractivity contribution >= 4 is 33.2 Å². The van der Waals surface area contributed by atoms with Gasteiger partial charge in [-0.15, -0.1) is 0 Å². The van der Waals surface area contributed by atoms with Crippen molar-refractivity contribution in [3.05, 3.63) is 71.7 Å². The molecule has 1 N–H and O–H groups in total. The molecule has 0 atom stereocenters. The Kier molecular flexibility index (Phi) is 7.19. The predicted octanol–water partition coefficient (Wildman–Crippen LogP) is 3.79. The third kappa shape index (κ3) is 5.40. The van der Waals surface area contributed by atoms with Gasteiger partial charge in [0.05, 0.1) is 31.9 Å². The molecule has 10 nitrogen and oxygen atoms in total. The summed E-state index contributed by atoms with van der Waals surface area (Å²) in [6.07, 6.45) is 6.58. The van der Waals surface area contributed by atoms with Gasteiger partial charge >= 0.3 is 0 Å². The third-order valence-corrected chi connectivity index (χ3v) is 6.97. The molecule has 0 bridgehead atoms. The van der Waals surface area contributed by atoms with Crippen molar-refractivity contribution in [1.29, 1.82) is 0 Å². The fourth-order valence-corrected chi connectivity index (χ4v) is 4.94. The van der Waals surface area contributed by atoms with E-state index in [0.717, 1.165) is 11.8 Å². The summed E-state index contributed by atoms with van der Waals surface area (Å²) in [5.74, 6) is -2.05. The molecule has 4 aromatic rings. The van der Waals surface area contributed by atoms with Gasteiger partial charge in [-0.25, -0.2) is 14.4 Å². The van der Waals surface area contributed by atoms with Gasteiger partial charge < -0.3 is 15.0 Å². The van der Waals surface area contributed by atoms with E-state index in [1.807, 2.05) is 6.07 Å². The molecule has 0 radical (unpaired) electrons. The van der Waals surface area contributed by atoms with Gasteiger partial charge in [0.15, 0.2) is 23.0 Å². The van der Waals surface area contributed by atoms with Gasteiger partial charge in [-0.05, 0) is 48.7 Å². The van der Waals surface area contributed by atoms with Gasteiger partial charge in [-0.1, -0.05) is 0 Å². The summed E-state index contributed by atoms with van der Waals surface area (Å²) in [6, 6.07) is 8.13. The number of methoxy groups -OCH3 is 1. The van der Waals surface area contributed by atoms with E-state index in [1.54, 1.807) is 27.6 Å². The molecule has 1 aliphatic heterocycles. The molecule has 204 valence electrons. The number of aromatic nitrogens is 3. The number of nitrogens with zero attached hydrogens (tertiary/aromatic N) is 4. The molecule has 2 aromatic carbocycles. The highest BCUT2D eigenvalue weighted by Gasteiger charge is 2.25. The van der Waals surface area contributed by atoms with E-state index >= 15 is 0 Å². The van der Waals surface area contributed by atoms with Gasteiger partial charge in [0, 0.05) is 42.3 Å². The Morgan fingerprint density at radius 1 is 1.10 bits per heavy atom. The second-order valence-electron chi connectivity index (χ2n) is 8.98. The highest BCUT2D eigenvalue weighted by molar-refractivity contribution is 7.85. The minimum absolute atomic E-state index is 0.0202. The summed E-state index contributed by atoms with van der Waals surface area (Å²) in [6.45, 7) is 0.905. The maximum atomic E-state index is 14.8. The van der Waals surface area contributed by atoms with E-state index in [9.17, 15) is 22.0 Å². The lowest BCUT2D eigenvalue weighted by Crippen LogP contribution is -2.38. The van der Waals surface area contributed by atoms with Gasteiger partial charge in [0.1, 0.15) is 0 Å². The Bertz CT molecular complexity index is 1680. The van der Waals surface area contributed by atoms with Crippen LogP contribution in [0.2, 0.25) is 0 Å². The molecule has 39 heavy (non-hydrogen) atoms. The first-order valence-electron chi connectivity index (χ1n) is 12.0. The van der Waals surface area contributed by atoms with E-state index < -0.39 is 21.8 Å². The fraction of sp³-hybridized carbons (Fsp3) is 0.269. The summed E-state index contributed by atoms with van der Waals surface area (Å²) in [5, 5.41) is 3.21. The molecule has 13 heteroatoms. The first-order valence-corrected chi connectivity index (χ1v) is 13.9. The Balaban J connectivity index is 1.34. The number of nitrogens with one attached hydrogen (secondary N) is 1. The van der Waals surface area contributed by atoms with Crippen molar-refractivity contribution in [3.8, 4) is 17.0 Å². The van der Waals surface area contributed by atoms with Crippen LogP contribution < -0.4 is 10.1 Å². The van der Waals surface area contributed by atoms with E-state index in [0.29, 0.717) is 54.3 Å². The van der Waals surface area contributed by atoms with Crippen molar-refractivity contribution in [2.24, 2.45) is 0 Å². The van der Waals surface area contributed by atoms with Gasteiger partial charge in [0.2, 0.25) is 5.82 Å². The summed E-state index contributed by atoms with van der Waals surface area (Å²) in [4.78, 5) is 23.4. The number of rotatable bonds is 9. The molecule has 0 aliphatic carbocycles. The van der Waals surface area contributed by atoms with E-state index in [-0.39, 0.29) is 23.8 Å². The van der Waals surface area contributed by atoms with Crippen LogP contribution in [-0.2, 0) is 20.7 Å². The van der Waals surface area contributed by atoms with Gasteiger partial charge in [-0.3, -0.25) is 13.4 Å². The van der Waals surface area contributed by atoms with Crippen molar-refractivity contribution in [2.75, 3.05) is 38.4 Å². The molecule has 5 rings (SSSR count). The largest absolute Gasteiger partial charge is 0.494 e. The Labute approximate surface area is 223 Å². The van der Waals surface area contributed by atoms with Crippen molar-refractivity contribution in [1.82, 2.24) is 19.3 Å². The molecular formula is C26H25F2N5O5S. The highest BCUT2D eigenvalue weighted by atomic mass is 32.2. The molecule has 0 saturated heterocycles. The summed E-state index contributed by atoms with van der Waals surface area (Å²) in [5.41, 5.74) is 2.88. The molecule has 0 unspecified atom stereocenters. The van der Waals surface area contributed by atoms with Crippen molar-refractivity contribution in [3.63, 3.8) is 0 Å². The topological polar surface area (TPSA) is 115 Å². The van der Waals surface area contributed by atoms with Crippen LogP contribution >= 0.6 is 0 Å². The molecule has 0 spiro atoms. The molecular weight excluding hydrogens is 532 g/mol. The number of imidazole rings is 1. The number of anilines is 2. The average Bonchev–Trinajstić information content (AvgIpc) is 3.34. The molecule has 1 amide bonds. The van der Waals surface area contributed by atoms with Crippen LogP contribution in [0, 0.1) is 11.6 Å².